The molecule has 1 fully saturated rings. The lowest BCUT2D eigenvalue weighted by Crippen LogP contribution is -2.07. The standard InChI is InChI=1S/C16H16O.C2H5NO/c1-3-7-13(8-4-1)16(17-15-11-12-15)14-9-5-2-6-10-14;1-2(3)4/h1-10,15-16H,11-12H2;1H3,(H2,3,4). The van der Waals surface area contributed by atoms with Crippen molar-refractivity contribution in [3.63, 3.8) is 0 Å². The van der Waals surface area contributed by atoms with E-state index in [0.717, 1.165) is 0 Å². The molecule has 1 amide bonds. The zero-order chi connectivity index (χ0) is 15.1. The lowest BCUT2D eigenvalue weighted by atomic mass is 10.0. The average molecular weight is 283 g/mol. The molecule has 0 saturated heterocycles. The minimum Gasteiger partial charge on any atom is -0.370 e. The number of hydrogen-bond donors (Lipinski definition) is 1. The smallest absolute Gasteiger partial charge is 0.214 e. The minimum atomic E-state index is -0.333. The van der Waals surface area contributed by atoms with Gasteiger partial charge in [-0.3, -0.25) is 4.79 Å². The summed E-state index contributed by atoms with van der Waals surface area (Å²) < 4.78 is 6.13. The van der Waals surface area contributed by atoms with E-state index < -0.39 is 0 Å². The molecule has 110 valence electrons. The Morgan fingerprint density at radius 3 is 1.71 bits per heavy atom. The van der Waals surface area contributed by atoms with Crippen molar-refractivity contribution < 1.29 is 9.53 Å². The molecule has 0 unspecified atom stereocenters. The predicted octanol–water partition coefficient (Wildman–Crippen LogP) is 3.45. The quantitative estimate of drug-likeness (QED) is 0.934. The molecular weight excluding hydrogens is 262 g/mol. The summed E-state index contributed by atoms with van der Waals surface area (Å²) in [4.78, 5) is 9.22. The normalized spacial score (nSPS) is 13.4. The number of carbonyl (C=O) groups excluding carboxylic acids is 1. The van der Waals surface area contributed by atoms with Gasteiger partial charge in [-0.1, -0.05) is 60.7 Å². The van der Waals surface area contributed by atoms with E-state index in [2.05, 4.69) is 54.3 Å². The molecule has 21 heavy (non-hydrogen) atoms. The molecule has 1 aliphatic rings. The van der Waals surface area contributed by atoms with E-state index in [1.165, 1.54) is 30.9 Å². The molecule has 0 aromatic heterocycles. The SMILES string of the molecule is CC(N)=O.c1ccc(C(OC2CC2)c2ccccc2)cc1. The van der Waals surface area contributed by atoms with Gasteiger partial charge in [-0.25, -0.2) is 0 Å². The van der Waals surface area contributed by atoms with E-state index in [0.29, 0.717) is 6.10 Å². The first-order valence-electron chi connectivity index (χ1n) is 7.18. The number of hydrogen-bond acceptors (Lipinski definition) is 2. The Labute approximate surface area is 125 Å². The van der Waals surface area contributed by atoms with E-state index in [1.807, 2.05) is 12.1 Å². The Morgan fingerprint density at radius 1 is 1.00 bits per heavy atom. The van der Waals surface area contributed by atoms with Crippen molar-refractivity contribution in [2.45, 2.75) is 32.0 Å². The van der Waals surface area contributed by atoms with Crippen LogP contribution < -0.4 is 5.73 Å². The highest BCUT2D eigenvalue weighted by Gasteiger charge is 2.27. The van der Waals surface area contributed by atoms with E-state index in [-0.39, 0.29) is 12.0 Å². The number of benzene rings is 2. The number of amides is 1. The topological polar surface area (TPSA) is 52.3 Å². The summed E-state index contributed by atoms with van der Waals surface area (Å²) in [6, 6.07) is 20.9. The molecule has 3 heteroatoms. The molecule has 2 aromatic carbocycles. The Hall–Kier alpha value is -2.13. The van der Waals surface area contributed by atoms with E-state index in [4.69, 9.17) is 4.74 Å². The molecule has 3 rings (SSSR count). The molecule has 0 radical (unpaired) electrons. The summed E-state index contributed by atoms with van der Waals surface area (Å²) in [6.45, 7) is 1.31. The van der Waals surface area contributed by atoms with Gasteiger partial charge in [0.1, 0.15) is 6.10 Å². The van der Waals surface area contributed by atoms with Crippen LogP contribution in [0.1, 0.15) is 37.0 Å². The predicted molar refractivity (Wildman–Crippen MR) is 83.7 cm³/mol. The Balaban J connectivity index is 0.000000361. The molecule has 0 bridgehead atoms. The van der Waals surface area contributed by atoms with Crippen LogP contribution in [0, 0.1) is 0 Å². The van der Waals surface area contributed by atoms with Crippen molar-refractivity contribution in [2.75, 3.05) is 0 Å². The van der Waals surface area contributed by atoms with E-state index in [9.17, 15) is 4.79 Å². The van der Waals surface area contributed by atoms with Gasteiger partial charge in [0.25, 0.3) is 0 Å². The van der Waals surface area contributed by atoms with Crippen LogP contribution in [0.2, 0.25) is 0 Å². The van der Waals surface area contributed by atoms with Crippen LogP contribution in [0.25, 0.3) is 0 Å². The molecule has 0 atom stereocenters. The molecule has 1 aliphatic carbocycles. The van der Waals surface area contributed by atoms with Crippen LogP contribution in [0.4, 0.5) is 0 Å². The maximum Gasteiger partial charge on any atom is 0.214 e. The summed E-state index contributed by atoms with van der Waals surface area (Å²) >= 11 is 0. The van der Waals surface area contributed by atoms with Crippen molar-refractivity contribution in [3.05, 3.63) is 71.8 Å². The van der Waals surface area contributed by atoms with Crippen molar-refractivity contribution >= 4 is 5.91 Å². The van der Waals surface area contributed by atoms with Crippen LogP contribution in [0.5, 0.6) is 0 Å². The fourth-order valence-electron chi connectivity index (χ4n) is 2.00. The Morgan fingerprint density at radius 2 is 1.38 bits per heavy atom. The fraction of sp³-hybridized carbons (Fsp3) is 0.278. The van der Waals surface area contributed by atoms with Gasteiger partial charge in [0.15, 0.2) is 0 Å². The summed E-state index contributed by atoms with van der Waals surface area (Å²) in [6.07, 6.45) is 2.96. The van der Waals surface area contributed by atoms with E-state index in [1.54, 1.807) is 0 Å². The molecular formula is C18H21NO2. The largest absolute Gasteiger partial charge is 0.370 e. The highest BCUT2D eigenvalue weighted by Crippen LogP contribution is 2.34. The highest BCUT2D eigenvalue weighted by atomic mass is 16.5. The zero-order valence-electron chi connectivity index (χ0n) is 12.2. The number of rotatable bonds is 4. The van der Waals surface area contributed by atoms with Crippen molar-refractivity contribution in [1.29, 1.82) is 0 Å². The van der Waals surface area contributed by atoms with Crippen molar-refractivity contribution in [3.8, 4) is 0 Å². The van der Waals surface area contributed by atoms with Gasteiger partial charge in [-0.15, -0.1) is 0 Å². The van der Waals surface area contributed by atoms with Crippen LogP contribution in [-0.4, -0.2) is 12.0 Å². The zero-order valence-corrected chi connectivity index (χ0v) is 12.2. The first kappa shape index (κ1) is 15.3. The number of primary amides is 1. The molecule has 2 aromatic rings. The third-order valence-corrected chi connectivity index (χ3v) is 3.06. The second kappa shape index (κ2) is 7.60. The average Bonchev–Trinajstić information content (AvgIpc) is 3.30. The second-order valence-electron chi connectivity index (χ2n) is 5.15. The first-order chi connectivity index (χ1) is 10.2. The third kappa shape index (κ3) is 5.40. The Kier molecular flexibility index (Phi) is 5.52. The maximum atomic E-state index is 9.22. The molecule has 1 saturated carbocycles. The summed E-state index contributed by atoms with van der Waals surface area (Å²) in [5.41, 5.74) is 6.95. The molecule has 0 aliphatic heterocycles. The van der Waals surface area contributed by atoms with Crippen molar-refractivity contribution in [2.24, 2.45) is 5.73 Å². The van der Waals surface area contributed by atoms with Crippen LogP contribution in [0.15, 0.2) is 60.7 Å². The van der Waals surface area contributed by atoms with Crippen molar-refractivity contribution in [1.82, 2.24) is 0 Å². The first-order valence-corrected chi connectivity index (χ1v) is 7.18. The second-order valence-corrected chi connectivity index (χ2v) is 5.15. The van der Waals surface area contributed by atoms with E-state index >= 15 is 0 Å². The number of nitrogens with two attached hydrogens (primary N) is 1. The number of carbonyl (C=O) groups is 1. The lowest BCUT2D eigenvalue weighted by molar-refractivity contribution is -0.115. The van der Waals surface area contributed by atoms with Gasteiger partial charge >= 0.3 is 0 Å². The molecule has 2 N–H and O–H groups in total. The summed E-state index contributed by atoms with van der Waals surface area (Å²) in [7, 11) is 0. The monoisotopic (exact) mass is 283 g/mol. The van der Waals surface area contributed by atoms with Crippen LogP contribution in [-0.2, 0) is 9.53 Å². The van der Waals surface area contributed by atoms with Gasteiger partial charge in [-0.05, 0) is 24.0 Å². The number of ether oxygens (including phenoxy) is 1. The van der Waals surface area contributed by atoms with Gasteiger partial charge < -0.3 is 10.5 Å². The Bertz CT molecular complexity index is 506. The minimum absolute atomic E-state index is 0.0879. The summed E-state index contributed by atoms with van der Waals surface area (Å²) in [5, 5.41) is 0. The highest BCUT2D eigenvalue weighted by molar-refractivity contribution is 5.70. The molecule has 0 spiro atoms. The van der Waals surface area contributed by atoms with Crippen LogP contribution >= 0.6 is 0 Å². The van der Waals surface area contributed by atoms with Gasteiger partial charge in [0.05, 0.1) is 6.10 Å². The molecule has 3 nitrogen and oxygen atoms in total. The lowest BCUT2D eigenvalue weighted by Gasteiger charge is -2.18. The summed E-state index contributed by atoms with van der Waals surface area (Å²) in [5.74, 6) is -0.333. The van der Waals surface area contributed by atoms with Gasteiger partial charge in [-0.2, -0.15) is 0 Å². The maximum absolute atomic E-state index is 9.22. The fourth-order valence-corrected chi connectivity index (χ4v) is 2.00. The van der Waals surface area contributed by atoms with Crippen LogP contribution in [0.3, 0.4) is 0 Å². The molecule has 0 heterocycles. The third-order valence-electron chi connectivity index (χ3n) is 3.06. The van der Waals surface area contributed by atoms with Gasteiger partial charge in [0.2, 0.25) is 5.91 Å². The van der Waals surface area contributed by atoms with Gasteiger partial charge in [0, 0.05) is 6.92 Å².